The number of hydrogen-bond acceptors (Lipinski definition) is 6. The molecule has 3 rings (SSSR count). The molecular weight excluding hydrogens is 425 g/mol. The second kappa shape index (κ2) is 10.8. The summed E-state index contributed by atoms with van der Waals surface area (Å²) in [5.41, 5.74) is 1.71. The molecule has 0 radical (unpaired) electrons. The highest BCUT2D eigenvalue weighted by Gasteiger charge is 2.35. The van der Waals surface area contributed by atoms with E-state index in [1.165, 1.54) is 31.5 Å². The summed E-state index contributed by atoms with van der Waals surface area (Å²) >= 11 is 0. The second-order valence-corrected chi connectivity index (χ2v) is 8.95. The van der Waals surface area contributed by atoms with E-state index in [-0.39, 0.29) is 35.3 Å². The molecule has 1 aliphatic rings. The Kier molecular flexibility index (Phi) is 8.06. The molecule has 0 saturated heterocycles. The summed E-state index contributed by atoms with van der Waals surface area (Å²) < 4.78 is 24.6. The van der Waals surface area contributed by atoms with E-state index in [0.29, 0.717) is 5.92 Å². The molecule has 3 atom stereocenters. The number of benzene rings is 1. The van der Waals surface area contributed by atoms with Crippen molar-refractivity contribution in [2.24, 2.45) is 11.8 Å². The lowest BCUT2D eigenvalue weighted by atomic mass is 9.79. The Morgan fingerprint density at radius 3 is 2.55 bits per heavy atom. The van der Waals surface area contributed by atoms with E-state index in [1.807, 2.05) is 13.8 Å². The third-order valence-corrected chi connectivity index (χ3v) is 6.57. The van der Waals surface area contributed by atoms with Crippen LogP contribution >= 0.6 is 0 Å². The van der Waals surface area contributed by atoms with Crippen molar-refractivity contribution in [3.05, 3.63) is 53.1 Å². The fraction of sp³-hybridized carbons (Fsp3) is 0.500. The highest BCUT2D eigenvalue weighted by Crippen LogP contribution is 2.41. The van der Waals surface area contributed by atoms with Crippen LogP contribution in [0.5, 0.6) is 11.5 Å². The Hall–Kier alpha value is -2.96. The van der Waals surface area contributed by atoms with E-state index >= 15 is 0 Å². The van der Waals surface area contributed by atoms with Crippen LogP contribution in [0.15, 0.2) is 30.5 Å². The zero-order valence-corrected chi connectivity index (χ0v) is 19.6. The van der Waals surface area contributed by atoms with Gasteiger partial charge in [0.05, 0.1) is 13.0 Å². The van der Waals surface area contributed by atoms with Gasteiger partial charge in [0.1, 0.15) is 11.9 Å². The summed E-state index contributed by atoms with van der Waals surface area (Å²) in [7, 11) is 1.38. The molecule has 33 heavy (non-hydrogen) atoms. The number of ether oxygens (including phenoxy) is 2. The molecule has 0 unspecified atom stereocenters. The average Bonchev–Trinajstić information content (AvgIpc) is 3.29. The van der Waals surface area contributed by atoms with Crippen molar-refractivity contribution >= 4 is 11.8 Å². The summed E-state index contributed by atoms with van der Waals surface area (Å²) in [5, 5.41) is 10.2. The number of ketones is 1. The van der Waals surface area contributed by atoms with E-state index in [4.69, 9.17) is 9.47 Å². The minimum atomic E-state index is -0.717. The van der Waals surface area contributed by atoms with Crippen molar-refractivity contribution in [1.29, 1.82) is 0 Å². The van der Waals surface area contributed by atoms with Crippen LogP contribution in [0.4, 0.5) is 4.39 Å². The first-order valence-corrected chi connectivity index (χ1v) is 11.4. The van der Waals surface area contributed by atoms with E-state index < -0.39 is 23.8 Å². The van der Waals surface area contributed by atoms with Gasteiger partial charge in [0.15, 0.2) is 23.0 Å². The fourth-order valence-electron chi connectivity index (χ4n) is 4.86. The van der Waals surface area contributed by atoms with E-state index in [2.05, 4.69) is 4.98 Å². The topological polar surface area (TPSA) is 85.7 Å². The van der Waals surface area contributed by atoms with Crippen molar-refractivity contribution in [3.8, 4) is 11.5 Å². The van der Waals surface area contributed by atoms with Crippen LogP contribution in [0, 0.1) is 24.6 Å². The van der Waals surface area contributed by atoms with Gasteiger partial charge in [-0.1, -0.05) is 25.8 Å². The highest BCUT2D eigenvalue weighted by molar-refractivity contribution is 5.99. The van der Waals surface area contributed by atoms with Gasteiger partial charge >= 0.3 is 5.97 Å². The minimum absolute atomic E-state index is 0.0379. The van der Waals surface area contributed by atoms with E-state index in [1.54, 1.807) is 13.0 Å². The van der Waals surface area contributed by atoms with Crippen molar-refractivity contribution in [3.63, 3.8) is 0 Å². The van der Waals surface area contributed by atoms with Gasteiger partial charge in [0.2, 0.25) is 0 Å². The lowest BCUT2D eigenvalue weighted by molar-refractivity contribution is -0.154. The van der Waals surface area contributed by atoms with Crippen molar-refractivity contribution in [2.45, 2.75) is 64.9 Å². The molecule has 7 heteroatoms. The maximum absolute atomic E-state index is 13.7. The van der Waals surface area contributed by atoms with Gasteiger partial charge in [0.25, 0.3) is 0 Å². The molecule has 2 aromatic rings. The van der Waals surface area contributed by atoms with Crippen molar-refractivity contribution in [1.82, 2.24) is 4.98 Å². The van der Waals surface area contributed by atoms with Gasteiger partial charge in [-0.05, 0) is 55.9 Å². The van der Waals surface area contributed by atoms with E-state index in [0.717, 1.165) is 36.8 Å². The van der Waals surface area contributed by atoms with Gasteiger partial charge in [-0.2, -0.15) is 0 Å². The first kappa shape index (κ1) is 24.7. The lowest BCUT2D eigenvalue weighted by Crippen LogP contribution is -2.30. The molecule has 0 bridgehead atoms. The molecule has 1 fully saturated rings. The zero-order chi connectivity index (χ0) is 24.1. The Balaban J connectivity index is 1.72. The zero-order valence-electron chi connectivity index (χ0n) is 19.6. The van der Waals surface area contributed by atoms with E-state index in [9.17, 15) is 19.1 Å². The number of esters is 1. The third kappa shape index (κ3) is 5.70. The number of carbonyl (C=O) groups is 2. The van der Waals surface area contributed by atoms with Crippen LogP contribution < -0.4 is 4.74 Å². The van der Waals surface area contributed by atoms with Gasteiger partial charge in [0, 0.05) is 24.6 Å². The fourth-order valence-corrected chi connectivity index (χ4v) is 4.86. The lowest BCUT2D eigenvalue weighted by Gasteiger charge is -2.31. The third-order valence-electron chi connectivity index (χ3n) is 6.57. The molecule has 6 nitrogen and oxygen atoms in total. The number of hydrogen-bond donors (Lipinski definition) is 1. The monoisotopic (exact) mass is 457 g/mol. The molecule has 178 valence electrons. The molecule has 0 spiro atoms. The number of rotatable bonds is 9. The number of Topliss-reactive ketones (excluding diaryl/α,β-unsaturated/α-hetero) is 1. The maximum atomic E-state index is 13.7. The Morgan fingerprint density at radius 1 is 1.21 bits per heavy atom. The van der Waals surface area contributed by atoms with Crippen LogP contribution in [0.2, 0.25) is 0 Å². The largest absolute Gasteiger partial charge is 0.503 e. The molecule has 0 amide bonds. The molecule has 1 N–H and O–H groups in total. The van der Waals surface area contributed by atoms with Crippen LogP contribution in [0.1, 0.15) is 73.5 Å². The minimum Gasteiger partial charge on any atom is -0.503 e. The van der Waals surface area contributed by atoms with Crippen molar-refractivity contribution < 1.29 is 28.6 Å². The number of methoxy groups -OCH3 is 1. The average molecular weight is 458 g/mol. The first-order valence-electron chi connectivity index (χ1n) is 11.4. The Labute approximate surface area is 194 Å². The number of aromatic hydroxyl groups is 1. The normalized spacial score (nSPS) is 16.8. The number of carbonyl (C=O) groups excluding carboxylic acids is 2. The van der Waals surface area contributed by atoms with Crippen LogP contribution in [-0.2, 0) is 9.53 Å². The van der Waals surface area contributed by atoms with Gasteiger partial charge in [-0.25, -0.2) is 9.37 Å². The maximum Gasteiger partial charge on any atom is 0.309 e. The van der Waals surface area contributed by atoms with Crippen LogP contribution in [0.3, 0.4) is 0 Å². The molecule has 1 saturated carbocycles. The van der Waals surface area contributed by atoms with Crippen molar-refractivity contribution in [2.75, 3.05) is 7.11 Å². The van der Waals surface area contributed by atoms with Crippen LogP contribution in [0.25, 0.3) is 0 Å². The van der Waals surface area contributed by atoms with Crippen LogP contribution in [-0.4, -0.2) is 35.1 Å². The van der Waals surface area contributed by atoms with Gasteiger partial charge in [-0.3, -0.25) is 9.59 Å². The molecule has 1 heterocycles. The number of aromatic nitrogens is 1. The molecule has 0 aliphatic heterocycles. The first-order chi connectivity index (χ1) is 15.7. The second-order valence-electron chi connectivity index (χ2n) is 8.95. The molecule has 1 aliphatic carbocycles. The summed E-state index contributed by atoms with van der Waals surface area (Å²) in [5.74, 6) is -1.83. The summed E-state index contributed by atoms with van der Waals surface area (Å²) in [6, 6.07) is 6.21. The summed E-state index contributed by atoms with van der Waals surface area (Å²) in [6.45, 7) is 5.37. The molecular formula is C26H32FNO5. The molecule has 1 aromatic heterocycles. The van der Waals surface area contributed by atoms with Gasteiger partial charge in [-0.15, -0.1) is 0 Å². The Morgan fingerprint density at radius 2 is 1.91 bits per heavy atom. The summed E-state index contributed by atoms with van der Waals surface area (Å²) in [6.07, 6.45) is 5.13. The predicted octanol–water partition coefficient (Wildman–Crippen LogP) is 5.36. The number of aryl methyl sites for hydroxylation is 1. The van der Waals surface area contributed by atoms with Gasteiger partial charge < -0.3 is 14.6 Å². The molecule has 1 aromatic carbocycles. The quantitative estimate of drug-likeness (QED) is 0.403. The Bertz CT molecular complexity index is 1000. The smallest absolute Gasteiger partial charge is 0.309 e. The highest BCUT2D eigenvalue weighted by atomic mass is 19.1. The number of nitrogens with zero attached hydrogens (tertiary/aromatic N) is 1. The predicted molar refractivity (Wildman–Crippen MR) is 122 cm³/mol. The SMILES string of the molecule is COc1ccnc(C(=O)C[C@@H](C)C(=O)O[C@H](C)[C@H](c2ccc(F)cc2C)C2CCCC2)c1O. The number of halogens is 1. The number of pyridine rings is 1. The standard InChI is InChI=1S/C26H32FNO5/c1-15-13-19(27)9-10-20(15)23(18-7-5-6-8-18)17(3)33-26(31)16(2)14-21(29)24-25(30)22(32-4)11-12-28-24/h9-13,16-18,23,30H,5-8,14H2,1-4H3/t16-,17-,23+/m1/s1. The summed E-state index contributed by atoms with van der Waals surface area (Å²) in [4.78, 5) is 29.5.